The summed E-state index contributed by atoms with van der Waals surface area (Å²) < 4.78 is 9.39. The van der Waals surface area contributed by atoms with Crippen molar-refractivity contribution in [1.82, 2.24) is 4.37 Å². The number of nitrogens with two attached hydrogens (primary N) is 1. The van der Waals surface area contributed by atoms with Crippen molar-refractivity contribution in [3.8, 4) is 6.07 Å². The molecule has 0 amide bonds. The van der Waals surface area contributed by atoms with Gasteiger partial charge in [0.25, 0.3) is 0 Å². The molecule has 0 aromatic carbocycles. The van der Waals surface area contributed by atoms with Crippen LogP contribution in [0.3, 0.4) is 0 Å². The van der Waals surface area contributed by atoms with Gasteiger partial charge in [0.1, 0.15) is 16.6 Å². The lowest BCUT2D eigenvalue weighted by Crippen LogP contribution is -2.10. The Hall–Kier alpha value is -1.32. The largest absolute Gasteiger partial charge is 0.382 e. The van der Waals surface area contributed by atoms with Crippen LogP contribution in [-0.2, 0) is 4.74 Å². The van der Waals surface area contributed by atoms with E-state index < -0.39 is 0 Å². The van der Waals surface area contributed by atoms with E-state index in [9.17, 15) is 0 Å². The summed E-state index contributed by atoms with van der Waals surface area (Å²) in [5.41, 5.74) is 5.97. The van der Waals surface area contributed by atoms with E-state index in [1.165, 1.54) is 24.4 Å². The molecule has 16 heavy (non-hydrogen) atoms. The van der Waals surface area contributed by atoms with Gasteiger partial charge in [0, 0.05) is 13.2 Å². The van der Waals surface area contributed by atoms with Crippen LogP contribution in [0.2, 0.25) is 0 Å². The van der Waals surface area contributed by atoms with Crippen LogP contribution in [0.1, 0.15) is 18.4 Å². The Kier molecular flexibility index (Phi) is 3.59. The first-order valence-electron chi connectivity index (χ1n) is 5.28. The minimum atomic E-state index is 0.300. The maximum absolute atomic E-state index is 8.84. The van der Waals surface area contributed by atoms with E-state index in [0.29, 0.717) is 24.5 Å². The Morgan fingerprint density at radius 2 is 2.44 bits per heavy atom. The van der Waals surface area contributed by atoms with Crippen LogP contribution >= 0.6 is 11.5 Å². The van der Waals surface area contributed by atoms with Crippen LogP contribution in [0.5, 0.6) is 0 Å². The van der Waals surface area contributed by atoms with Gasteiger partial charge in [-0.2, -0.15) is 9.64 Å². The zero-order valence-corrected chi connectivity index (χ0v) is 9.72. The molecule has 0 unspecified atom stereocenters. The zero-order valence-electron chi connectivity index (χ0n) is 8.90. The molecular weight excluding hydrogens is 224 g/mol. The van der Waals surface area contributed by atoms with Gasteiger partial charge < -0.3 is 15.8 Å². The van der Waals surface area contributed by atoms with Crippen LogP contribution in [0.4, 0.5) is 10.8 Å². The lowest BCUT2D eigenvalue weighted by Gasteiger charge is -2.04. The predicted octanol–water partition coefficient (Wildman–Crippen LogP) is 1.44. The van der Waals surface area contributed by atoms with Crippen LogP contribution in [0, 0.1) is 17.2 Å². The molecule has 1 aliphatic carbocycles. The van der Waals surface area contributed by atoms with E-state index >= 15 is 0 Å². The standard InChI is InChI=1S/C10H14N4OS/c11-5-8-9(12)14-16-10(8)13-3-4-15-6-7-1-2-7/h7,13H,1-4,6H2,(H2,12,14). The molecule has 86 valence electrons. The molecule has 1 saturated carbocycles. The van der Waals surface area contributed by atoms with Gasteiger partial charge in [-0.05, 0) is 30.3 Å². The zero-order chi connectivity index (χ0) is 11.4. The molecule has 1 aromatic rings. The Balaban J connectivity index is 1.69. The summed E-state index contributed by atoms with van der Waals surface area (Å²) in [5.74, 6) is 1.09. The van der Waals surface area contributed by atoms with Gasteiger partial charge >= 0.3 is 0 Å². The van der Waals surface area contributed by atoms with Crippen LogP contribution in [0.15, 0.2) is 0 Å². The molecule has 5 nitrogen and oxygen atoms in total. The summed E-state index contributed by atoms with van der Waals surface area (Å²) in [6.07, 6.45) is 2.61. The number of nitriles is 1. The van der Waals surface area contributed by atoms with Gasteiger partial charge in [-0.25, -0.2) is 0 Å². The fourth-order valence-corrected chi connectivity index (χ4v) is 1.99. The van der Waals surface area contributed by atoms with Crippen molar-refractivity contribution < 1.29 is 4.74 Å². The van der Waals surface area contributed by atoms with Crippen molar-refractivity contribution in [1.29, 1.82) is 5.26 Å². The first kappa shape index (κ1) is 11.2. The number of rotatable bonds is 6. The molecule has 1 heterocycles. The number of nitrogen functional groups attached to an aromatic ring is 1. The number of anilines is 2. The van der Waals surface area contributed by atoms with Gasteiger partial charge in [0.2, 0.25) is 0 Å². The normalized spacial score (nSPS) is 14.7. The van der Waals surface area contributed by atoms with Crippen LogP contribution < -0.4 is 11.1 Å². The predicted molar refractivity (Wildman–Crippen MR) is 63.3 cm³/mol. The molecule has 0 spiro atoms. The lowest BCUT2D eigenvalue weighted by molar-refractivity contribution is 0.134. The number of nitrogens with one attached hydrogen (secondary N) is 1. The third-order valence-electron chi connectivity index (χ3n) is 2.41. The minimum absolute atomic E-state index is 0.300. The Morgan fingerprint density at radius 3 is 3.12 bits per heavy atom. The smallest absolute Gasteiger partial charge is 0.157 e. The summed E-state index contributed by atoms with van der Waals surface area (Å²) in [5, 5.41) is 12.7. The Bertz CT molecular complexity index is 394. The molecular formula is C10H14N4OS. The van der Waals surface area contributed by atoms with Crippen molar-refractivity contribution in [2.45, 2.75) is 12.8 Å². The van der Waals surface area contributed by atoms with Crippen molar-refractivity contribution in [2.75, 3.05) is 30.8 Å². The fourth-order valence-electron chi connectivity index (χ4n) is 1.30. The van der Waals surface area contributed by atoms with Gasteiger partial charge in [0.05, 0.1) is 6.61 Å². The Labute approximate surface area is 98.4 Å². The molecule has 6 heteroatoms. The van der Waals surface area contributed by atoms with Crippen molar-refractivity contribution >= 4 is 22.4 Å². The fraction of sp³-hybridized carbons (Fsp3) is 0.600. The summed E-state index contributed by atoms with van der Waals surface area (Å²) in [4.78, 5) is 0. The molecule has 0 atom stereocenters. The van der Waals surface area contributed by atoms with Crippen molar-refractivity contribution in [3.05, 3.63) is 5.56 Å². The summed E-state index contributed by atoms with van der Waals surface area (Å²) in [6.45, 7) is 2.19. The van der Waals surface area contributed by atoms with E-state index in [0.717, 1.165) is 17.5 Å². The maximum Gasteiger partial charge on any atom is 0.157 e. The maximum atomic E-state index is 8.84. The number of ether oxygens (including phenoxy) is 1. The molecule has 0 aliphatic heterocycles. The quantitative estimate of drug-likeness (QED) is 0.732. The van der Waals surface area contributed by atoms with Gasteiger partial charge in [-0.3, -0.25) is 0 Å². The highest BCUT2D eigenvalue weighted by molar-refractivity contribution is 7.10. The van der Waals surface area contributed by atoms with E-state index in [1.54, 1.807) is 0 Å². The van der Waals surface area contributed by atoms with Crippen LogP contribution in [0.25, 0.3) is 0 Å². The molecule has 1 aromatic heterocycles. The average molecular weight is 238 g/mol. The second-order valence-corrected chi connectivity index (χ2v) is 4.60. The summed E-state index contributed by atoms with van der Waals surface area (Å²) in [7, 11) is 0. The first-order valence-corrected chi connectivity index (χ1v) is 6.05. The molecule has 0 saturated heterocycles. The van der Waals surface area contributed by atoms with Gasteiger partial charge in [0.15, 0.2) is 5.82 Å². The van der Waals surface area contributed by atoms with E-state index in [-0.39, 0.29) is 0 Å². The first-order chi connectivity index (χ1) is 7.81. The number of nitrogens with zero attached hydrogens (tertiary/aromatic N) is 2. The highest BCUT2D eigenvalue weighted by Gasteiger charge is 2.20. The SMILES string of the molecule is N#Cc1c(N)nsc1NCCOCC1CC1. The molecule has 0 radical (unpaired) electrons. The number of hydrogen-bond donors (Lipinski definition) is 2. The van der Waals surface area contributed by atoms with E-state index in [2.05, 4.69) is 9.69 Å². The highest BCUT2D eigenvalue weighted by Crippen LogP contribution is 2.28. The molecule has 3 N–H and O–H groups in total. The number of hydrogen-bond acceptors (Lipinski definition) is 6. The molecule has 2 rings (SSSR count). The molecule has 0 bridgehead atoms. The van der Waals surface area contributed by atoms with E-state index in [1.807, 2.05) is 6.07 Å². The second kappa shape index (κ2) is 5.14. The minimum Gasteiger partial charge on any atom is -0.382 e. The monoisotopic (exact) mass is 238 g/mol. The summed E-state index contributed by atoms with van der Waals surface area (Å²) >= 11 is 1.21. The van der Waals surface area contributed by atoms with E-state index in [4.69, 9.17) is 15.7 Å². The molecule has 1 aliphatic rings. The molecule has 1 fully saturated rings. The Morgan fingerprint density at radius 1 is 1.62 bits per heavy atom. The summed E-state index contributed by atoms with van der Waals surface area (Å²) in [6, 6.07) is 2.03. The van der Waals surface area contributed by atoms with Crippen molar-refractivity contribution in [3.63, 3.8) is 0 Å². The van der Waals surface area contributed by atoms with Crippen LogP contribution in [-0.4, -0.2) is 24.1 Å². The third kappa shape index (κ3) is 2.84. The average Bonchev–Trinajstić information content (AvgIpc) is 3.03. The van der Waals surface area contributed by atoms with Crippen molar-refractivity contribution in [2.24, 2.45) is 5.92 Å². The lowest BCUT2D eigenvalue weighted by atomic mass is 10.3. The van der Waals surface area contributed by atoms with Gasteiger partial charge in [-0.1, -0.05) is 0 Å². The third-order valence-corrected chi connectivity index (χ3v) is 3.23. The highest BCUT2D eigenvalue weighted by atomic mass is 32.1. The second-order valence-electron chi connectivity index (χ2n) is 3.83. The van der Waals surface area contributed by atoms with Gasteiger partial charge in [-0.15, -0.1) is 0 Å². The number of aromatic nitrogens is 1. The topological polar surface area (TPSA) is 84.0 Å².